The van der Waals surface area contributed by atoms with Crippen LogP contribution in [-0.2, 0) is 19.1 Å². The molecule has 1 aliphatic rings. The number of carbonyl (C=O) groups is 2. The molecule has 0 N–H and O–H groups in total. The molecule has 0 fully saturated rings. The first-order valence-corrected chi connectivity index (χ1v) is 10.0. The second kappa shape index (κ2) is 8.41. The SMILES string of the molecule is CC=C(C)C(=O)O[C@@H]1c2c(ccc3ccc(=O)oc23)OC(C)(C)[C@@H]1OC(=O)C(C)=CC. The molecule has 0 spiro atoms. The van der Waals surface area contributed by atoms with Gasteiger partial charge in [-0.1, -0.05) is 12.2 Å². The molecule has 164 valence electrons. The van der Waals surface area contributed by atoms with E-state index in [1.807, 2.05) is 0 Å². The van der Waals surface area contributed by atoms with E-state index in [4.69, 9.17) is 18.6 Å². The van der Waals surface area contributed by atoms with Crippen LogP contribution in [0.25, 0.3) is 11.0 Å². The lowest BCUT2D eigenvalue weighted by molar-refractivity contribution is -0.185. The van der Waals surface area contributed by atoms with E-state index in [0.717, 1.165) is 0 Å². The van der Waals surface area contributed by atoms with Crippen molar-refractivity contribution in [2.45, 2.75) is 59.4 Å². The highest BCUT2D eigenvalue weighted by Crippen LogP contribution is 2.46. The number of ether oxygens (including phenoxy) is 3. The Morgan fingerprint density at radius 1 is 0.968 bits per heavy atom. The van der Waals surface area contributed by atoms with Crippen LogP contribution in [0.2, 0.25) is 0 Å². The minimum absolute atomic E-state index is 0.222. The van der Waals surface area contributed by atoms with Crippen LogP contribution in [-0.4, -0.2) is 23.6 Å². The minimum atomic E-state index is -1.05. The van der Waals surface area contributed by atoms with Gasteiger partial charge in [-0.2, -0.15) is 0 Å². The van der Waals surface area contributed by atoms with E-state index in [1.165, 1.54) is 6.07 Å². The van der Waals surface area contributed by atoms with Crippen LogP contribution < -0.4 is 10.4 Å². The predicted octanol–water partition coefficient (Wildman–Crippen LogP) is 4.39. The summed E-state index contributed by atoms with van der Waals surface area (Å²) in [4.78, 5) is 37.3. The predicted molar refractivity (Wildman–Crippen MR) is 115 cm³/mol. The Kier molecular flexibility index (Phi) is 6.06. The lowest BCUT2D eigenvalue weighted by Crippen LogP contribution is -2.52. The molecule has 31 heavy (non-hydrogen) atoms. The van der Waals surface area contributed by atoms with Gasteiger partial charge in [0.1, 0.15) is 16.9 Å². The van der Waals surface area contributed by atoms with E-state index in [9.17, 15) is 14.4 Å². The molecule has 0 amide bonds. The summed E-state index contributed by atoms with van der Waals surface area (Å²) >= 11 is 0. The normalized spacial score (nSPS) is 20.6. The van der Waals surface area contributed by atoms with Crippen molar-refractivity contribution in [2.75, 3.05) is 0 Å². The fourth-order valence-corrected chi connectivity index (χ4v) is 3.33. The lowest BCUT2D eigenvalue weighted by atomic mass is 9.87. The highest BCUT2D eigenvalue weighted by Gasteiger charge is 2.50. The molecule has 0 saturated heterocycles. The molecule has 3 rings (SSSR count). The topological polar surface area (TPSA) is 92.0 Å². The standard InChI is InChI=1S/C24H26O7/c1-7-13(3)22(26)29-20-18-16(11-9-15-10-12-17(25)28-19(15)18)31-24(5,6)21(20)30-23(27)14(4)8-2/h7-12,20-21H,1-6H3/t20-,21-/m1/s1. The van der Waals surface area contributed by atoms with Crippen molar-refractivity contribution in [2.24, 2.45) is 0 Å². The van der Waals surface area contributed by atoms with Crippen molar-refractivity contribution in [1.29, 1.82) is 0 Å². The first-order chi connectivity index (χ1) is 14.6. The highest BCUT2D eigenvalue weighted by atomic mass is 16.6. The quantitative estimate of drug-likeness (QED) is 0.407. The number of carbonyl (C=O) groups excluding carboxylic acids is 2. The fraction of sp³-hybridized carbons (Fsp3) is 0.375. The summed E-state index contributed by atoms with van der Waals surface area (Å²) < 4.78 is 23.2. The van der Waals surface area contributed by atoms with E-state index in [2.05, 4.69) is 0 Å². The molecule has 2 atom stereocenters. The molecule has 7 nitrogen and oxygen atoms in total. The average Bonchev–Trinajstić information content (AvgIpc) is 2.73. The van der Waals surface area contributed by atoms with Gasteiger partial charge in [0.2, 0.25) is 0 Å². The van der Waals surface area contributed by atoms with Gasteiger partial charge in [-0.25, -0.2) is 14.4 Å². The summed E-state index contributed by atoms with van der Waals surface area (Å²) in [5, 5.41) is 0.625. The van der Waals surface area contributed by atoms with Crippen molar-refractivity contribution in [3.05, 3.63) is 63.5 Å². The zero-order valence-corrected chi connectivity index (χ0v) is 18.5. The second-order valence-corrected chi connectivity index (χ2v) is 7.95. The van der Waals surface area contributed by atoms with Gasteiger partial charge in [-0.3, -0.25) is 0 Å². The second-order valence-electron chi connectivity index (χ2n) is 7.95. The summed E-state index contributed by atoms with van der Waals surface area (Å²) in [6, 6.07) is 6.39. The smallest absolute Gasteiger partial charge is 0.336 e. The lowest BCUT2D eigenvalue weighted by Gasteiger charge is -2.43. The molecular formula is C24H26O7. The number of hydrogen-bond acceptors (Lipinski definition) is 7. The van der Waals surface area contributed by atoms with Crippen molar-refractivity contribution < 1.29 is 28.2 Å². The Balaban J connectivity index is 2.23. The summed E-state index contributed by atoms with van der Waals surface area (Å²) in [6.07, 6.45) is 1.21. The van der Waals surface area contributed by atoms with Gasteiger partial charge in [-0.05, 0) is 59.7 Å². The Morgan fingerprint density at radius 2 is 1.55 bits per heavy atom. The summed E-state index contributed by atoms with van der Waals surface area (Å²) in [7, 11) is 0. The van der Waals surface area contributed by atoms with Crippen LogP contribution in [0.1, 0.15) is 53.2 Å². The van der Waals surface area contributed by atoms with Crippen LogP contribution in [0.15, 0.2) is 56.8 Å². The van der Waals surface area contributed by atoms with Gasteiger partial charge >= 0.3 is 17.6 Å². The average molecular weight is 426 g/mol. The summed E-state index contributed by atoms with van der Waals surface area (Å²) in [5.74, 6) is -0.744. The third-order valence-electron chi connectivity index (χ3n) is 5.38. The minimum Gasteiger partial charge on any atom is -0.483 e. The monoisotopic (exact) mass is 426 g/mol. The molecule has 0 saturated carbocycles. The maximum Gasteiger partial charge on any atom is 0.336 e. The molecule has 0 unspecified atom stereocenters. The zero-order valence-electron chi connectivity index (χ0n) is 18.5. The first kappa shape index (κ1) is 22.3. The van der Waals surface area contributed by atoms with E-state index in [0.29, 0.717) is 27.8 Å². The van der Waals surface area contributed by atoms with Crippen molar-refractivity contribution >= 4 is 22.9 Å². The largest absolute Gasteiger partial charge is 0.483 e. The van der Waals surface area contributed by atoms with Crippen LogP contribution >= 0.6 is 0 Å². The maximum absolute atomic E-state index is 12.7. The van der Waals surface area contributed by atoms with Crippen molar-refractivity contribution in [3.8, 4) is 5.75 Å². The number of allylic oxidation sites excluding steroid dienone is 2. The van der Waals surface area contributed by atoms with E-state index >= 15 is 0 Å². The Hall–Kier alpha value is -3.35. The molecule has 0 aliphatic carbocycles. The van der Waals surface area contributed by atoms with E-state index < -0.39 is 35.4 Å². The molecule has 7 heteroatoms. The third kappa shape index (κ3) is 4.26. The third-order valence-corrected chi connectivity index (χ3v) is 5.38. The number of rotatable bonds is 4. The van der Waals surface area contributed by atoms with Gasteiger partial charge < -0.3 is 18.6 Å². The van der Waals surface area contributed by atoms with Crippen LogP contribution in [0.5, 0.6) is 5.75 Å². The summed E-state index contributed by atoms with van der Waals surface area (Å²) in [6.45, 7) is 10.2. The maximum atomic E-state index is 12.7. The van der Waals surface area contributed by atoms with E-state index in [-0.39, 0.29) is 5.58 Å². The van der Waals surface area contributed by atoms with Gasteiger partial charge in [-0.15, -0.1) is 0 Å². The van der Waals surface area contributed by atoms with Crippen LogP contribution in [0, 0.1) is 0 Å². The first-order valence-electron chi connectivity index (χ1n) is 10.0. The van der Waals surface area contributed by atoms with Gasteiger partial charge in [0.25, 0.3) is 0 Å². The fourth-order valence-electron chi connectivity index (χ4n) is 3.33. The zero-order chi connectivity index (χ0) is 22.9. The van der Waals surface area contributed by atoms with E-state index in [1.54, 1.807) is 71.9 Å². The number of benzene rings is 1. The Morgan fingerprint density at radius 3 is 2.16 bits per heavy atom. The number of hydrogen-bond donors (Lipinski definition) is 0. The Bertz CT molecular complexity index is 1150. The molecule has 0 bridgehead atoms. The molecule has 2 heterocycles. The van der Waals surface area contributed by atoms with Gasteiger partial charge in [0.15, 0.2) is 12.2 Å². The van der Waals surface area contributed by atoms with Crippen molar-refractivity contribution in [1.82, 2.24) is 0 Å². The molecule has 2 aromatic rings. The van der Waals surface area contributed by atoms with Crippen LogP contribution in [0.3, 0.4) is 0 Å². The molecule has 0 radical (unpaired) electrons. The van der Waals surface area contributed by atoms with Gasteiger partial charge in [0, 0.05) is 22.6 Å². The highest BCUT2D eigenvalue weighted by molar-refractivity contribution is 5.90. The van der Waals surface area contributed by atoms with Gasteiger partial charge in [0.05, 0.1) is 5.56 Å². The molecule has 1 aromatic carbocycles. The molecule has 1 aromatic heterocycles. The Labute approximate surface area is 180 Å². The van der Waals surface area contributed by atoms with Crippen LogP contribution in [0.4, 0.5) is 0 Å². The summed E-state index contributed by atoms with van der Waals surface area (Å²) in [5.41, 5.74) is -0.224. The number of esters is 2. The van der Waals surface area contributed by atoms with Crippen molar-refractivity contribution in [3.63, 3.8) is 0 Å². The number of fused-ring (bicyclic) bond motifs is 3. The molecular weight excluding hydrogens is 400 g/mol. The molecule has 1 aliphatic heterocycles.